The van der Waals surface area contributed by atoms with E-state index in [0.717, 1.165) is 15.5 Å². The van der Waals surface area contributed by atoms with E-state index in [9.17, 15) is 9.18 Å². The van der Waals surface area contributed by atoms with Gasteiger partial charge < -0.3 is 5.32 Å². The van der Waals surface area contributed by atoms with Crippen molar-refractivity contribution in [2.75, 3.05) is 5.32 Å². The zero-order valence-corrected chi connectivity index (χ0v) is 16.4. The lowest BCUT2D eigenvalue weighted by Gasteiger charge is -2.01. The number of nitrogens with one attached hydrogen (secondary N) is 1. The summed E-state index contributed by atoms with van der Waals surface area (Å²) in [5, 5.41) is 12.2. The molecular weight excluding hydrogens is 416 g/mol. The molecule has 26 heavy (non-hydrogen) atoms. The Kier molecular flexibility index (Phi) is 6.48. The third-order valence-electron chi connectivity index (χ3n) is 3.28. The molecule has 3 rings (SSSR count). The molecule has 1 heterocycles. The number of amides is 1. The van der Waals surface area contributed by atoms with Crippen LogP contribution in [0.4, 0.5) is 9.52 Å². The van der Waals surface area contributed by atoms with Crippen LogP contribution in [0.5, 0.6) is 0 Å². The fourth-order valence-corrected chi connectivity index (χ4v) is 4.08. The second kappa shape index (κ2) is 8.81. The number of carbonyl (C=O) groups is 1. The molecule has 0 aliphatic heterocycles. The van der Waals surface area contributed by atoms with Crippen LogP contribution in [0.1, 0.15) is 11.1 Å². The number of nitrogens with zero attached hydrogens (tertiary/aromatic N) is 2. The number of carbonyl (C=O) groups excluding carboxylic acids is 1. The second-order valence-electron chi connectivity index (χ2n) is 5.26. The van der Waals surface area contributed by atoms with Gasteiger partial charge in [0.25, 0.3) is 0 Å². The van der Waals surface area contributed by atoms with Gasteiger partial charge in [-0.3, -0.25) is 4.79 Å². The van der Waals surface area contributed by atoms with Gasteiger partial charge in [-0.25, -0.2) is 4.39 Å². The van der Waals surface area contributed by atoms with Crippen molar-refractivity contribution in [1.82, 2.24) is 10.2 Å². The van der Waals surface area contributed by atoms with Crippen LogP contribution in [0.15, 0.2) is 46.8 Å². The van der Waals surface area contributed by atoms with E-state index in [2.05, 4.69) is 15.5 Å². The monoisotopic (exact) mass is 427 g/mol. The maximum absolute atomic E-state index is 12.9. The Balaban J connectivity index is 1.53. The summed E-state index contributed by atoms with van der Waals surface area (Å²) in [6, 6.07) is 11.3. The molecule has 9 heteroatoms. The van der Waals surface area contributed by atoms with Gasteiger partial charge >= 0.3 is 0 Å². The summed E-state index contributed by atoms with van der Waals surface area (Å²) < 4.78 is 13.6. The number of anilines is 1. The summed E-state index contributed by atoms with van der Waals surface area (Å²) >= 11 is 14.7. The number of hydrogen-bond acceptors (Lipinski definition) is 5. The highest BCUT2D eigenvalue weighted by Crippen LogP contribution is 2.30. The summed E-state index contributed by atoms with van der Waals surface area (Å²) in [4.78, 5) is 12.0. The Morgan fingerprint density at radius 3 is 2.54 bits per heavy atom. The van der Waals surface area contributed by atoms with E-state index in [1.807, 2.05) is 12.1 Å². The molecule has 0 saturated carbocycles. The summed E-state index contributed by atoms with van der Waals surface area (Å²) in [6.45, 7) is 0. The predicted octanol–water partition coefficient (Wildman–Crippen LogP) is 5.46. The first kappa shape index (κ1) is 19.1. The van der Waals surface area contributed by atoms with E-state index in [1.54, 1.807) is 18.2 Å². The van der Waals surface area contributed by atoms with E-state index in [-0.39, 0.29) is 18.1 Å². The summed E-state index contributed by atoms with van der Waals surface area (Å²) in [5.41, 5.74) is 1.74. The minimum absolute atomic E-state index is 0.144. The first-order valence-corrected chi connectivity index (χ1v) is 10.00. The molecule has 0 aliphatic carbocycles. The first-order valence-electron chi connectivity index (χ1n) is 7.44. The lowest BCUT2D eigenvalue weighted by atomic mass is 10.1. The number of halogens is 3. The Bertz CT molecular complexity index is 919. The van der Waals surface area contributed by atoms with Crippen LogP contribution < -0.4 is 5.32 Å². The zero-order chi connectivity index (χ0) is 18.5. The van der Waals surface area contributed by atoms with Crippen LogP contribution in [0.3, 0.4) is 0 Å². The predicted molar refractivity (Wildman–Crippen MR) is 105 cm³/mol. The van der Waals surface area contributed by atoms with Gasteiger partial charge in [0.1, 0.15) is 5.82 Å². The van der Waals surface area contributed by atoms with Crippen LogP contribution in [0, 0.1) is 5.82 Å². The van der Waals surface area contributed by atoms with Gasteiger partial charge in [0.05, 0.1) is 16.5 Å². The summed E-state index contributed by atoms with van der Waals surface area (Å²) in [6.07, 6.45) is 0.144. The van der Waals surface area contributed by atoms with E-state index < -0.39 is 0 Å². The van der Waals surface area contributed by atoms with Gasteiger partial charge in [0.15, 0.2) is 4.34 Å². The summed E-state index contributed by atoms with van der Waals surface area (Å²) in [7, 11) is 0. The topological polar surface area (TPSA) is 54.9 Å². The van der Waals surface area contributed by atoms with E-state index in [4.69, 9.17) is 23.2 Å². The molecule has 1 amide bonds. The smallest absolute Gasteiger partial charge is 0.230 e. The van der Waals surface area contributed by atoms with Gasteiger partial charge in [-0.05, 0) is 35.4 Å². The highest BCUT2D eigenvalue weighted by Gasteiger charge is 2.10. The molecule has 0 saturated heterocycles. The first-order chi connectivity index (χ1) is 12.5. The molecule has 1 aromatic heterocycles. The van der Waals surface area contributed by atoms with Gasteiger partial charge in [0, 0.05) is 5.75 Å². The lowest BCUT2D eigenvalue weighted by Crippen LogP contribution is -2.14. The molecule has 3 aromatic rings. The van der Waals surface area contributed by atoms with E-state index in [1.165, 1.54) is 35.2 Å². The molecule has 0 bridgehead atoms. The van der Waals surface area contributed by atoms with Crippen molar-refractivity contribution in [3.63, 3.8) is 0 Å². The normalized spacial score (nSPS) is 10.7. The number of aromatic nitrogens is 2. The van der Waals surface area contributed by atoms with E-state index >= 15 is 0 Å². The maximum Gasteiger partial charge on any atom is 0.230 e. The molecule has 1 N–H and O–H groups in total. The Morgan fingerprint density at radius 2 is 1.81 bits per heavy atom. The average Bonchev–Trinajstić information content (AvgIpc) is 3.05. The van der Waals surface area contributed by atoms with Crippen molar-refractivity contribution in [3.05, 3.63) is 69.5 Å². The standard InChI is InChI=1S/C17H12Cl2FN3OS2/c18-13-6-3-11(7-14(13)19)9-25-17-23-22-16(26-17)21-15(24)8-10-1-4-12(20)5-2-10/h1-7H,8-9H2,(H,21,22,24). The molecule has 0 spiro atoms. The molecular formula is C17H12Cl2FN3OS2. The van der Waals surface area contributed by atoms with Crippen molar-refractivity contribution < 1.29 is 9.18 Å². The molecule has 0 fully saturated rings. The number of benzene rings is 2. The largest absolute Gasteiger partial charge is 0.300 e. The molecule has 2 aromatic carbocycles. The minimum atomic E-state index is -0.332. The highest BCUT2D eigenvalue weighted by atomic mass is 35.5. The number of hydrogen-bond donors (Lipinski definition) is 1. The van der Waals surface area contributed by atoms with Crippen LogP contribution in [-0.4, -0.2) is 16.1 Å². The maximum atomic E-state index is 12.9. The molecule has 0 radical (unpaired) electrons. The van der Waals surface area contributed by atoms with Gasteiger partial charge in [-0.1, -0.05) is 64.5 Å². The lowest BCUT2D eigenvalue weighted by molar-refractivity contribution is -0.115. The molecule has 0 atom stereocenters. The number of rotatable bonds is 6. The summed E-state index contributed by atoms with van der Waals surface area (Å²) in [5.74, 6) is 0.102. The van der Waals surface area contributed by atoms with Crippen LogP contribution in [0.2, 0.25) is 10.0 Å². The van der Waals surface area contributed by atoms with Crippen LogP contribution in [-0.2, 0) is 17.0 Å². The van der Waals surface area contributed by atoms with Crippen molar-refractivity contribution in [2.24, 2.45) is 0 Å². The minimum Gasteiger partial charge on any atom is -0.300 e. The Morgan fingerprint density at radius 1 is 1.08 bits per heavy atom. The Labute approximate surface area is 167 Å². The molecule has 134 valence electrons. The third-order valence-corrected chi connectivity index (χ3v) is 6.06. The Hall–Kier alpha value is -1.67. The van der Waals surface area contributed by atoms with Crippen LogP contribution in [0.25, 0.3) is 0 Å². The van der Waals surface area contributed by atoms with Gasteiger partial charge in [-0.15, -0.1) is 10.2 Å². The average molecular weight is 428 g/mol. The van der Waals surface area contributed by atoms with Crippen molar-refractivity contribution in [2.45, 2.75) is 16.5 Å². The SMILES string of the molecule is O=C(Cc1ccc(F)cc1)Nc1nnc(SCc2ccc(Cl)c(Cl)c2)s1. The fraction of sp³-hybridized carbons (Fsp3) is 0.118. The van der Waals surface area contributed by atoms with Crippen molar-refractivity contribution in [1.29, 1.82) is 0 Å². The second-order valence-corrected chi connectivity index (χ2v) is 8.28. The third kappa shape index (κ3) is 5.41. The van der Waals surface area contributed by atoms with Gasteiger partial charge in [0.2, 0.25) is 11.0 Å². The molecule has 4 nitrogen and oxygen atoms in total. The number of thioether (sulfide) groups is 1. The zero-order valence-electron chi connectivity index (χ0n) is 13.2. The quantitative estimate of drug-likeness (QED) is 0.419. The fourth-order valence-electron chi connectivity index (χ4n) is 2.04. The highest BCUT2D eigenvalue weighted by molar-refractivity contribution is 8.00. The van der Waals surface area contributed by atoms with E-state index in [0.29, 0.717) is 20.9 Å². The molecule has 0 aliphatic rings. The van der Waals surface area contributed by atoms with Crippen LogP contribution >= 0.6 is 46.3 Å². The van der Waals surface area contributed by atoms with Crippen molar-refractivity contribution in [3.8, 4) is 0 Å². The van der Waals surface area contributed by atoms with Crippen molar-refractivity contribution >= 4 is 57.3 Å². The molecule has 0 unspecified atom stereocenters. The van der Waals surface area contributed by atoms with Gasteiger partial charge in [-0.2, -0.15) is 0 Å².